The summed E-state index contributed by atoms with van der Waals surface area (Å²) >= 11 is 3.33. The van der Waals surface area contributed by atoms with Gasteiger partial charge in [0.15, 0.2) is 5.76 Å². The minimum atomic E-state index is -0.576. The van der Waals surface area contributed by atoms with Crippen molar-refractivity contribution in [3.05, 3.63) is 52.9 Å². The smallest absolute Gasteiger partial charge is 0.287 e. The summed E-state index contributed by atoms with van der Waals surface area (Å²) in [5.74, 6) is 0.216. The molecule has 1 aliphatic rings. The lowest BCUT2D eigenvalue weighted by Crippen LogP contribution is -2.41. The van der Waals surface area contributed by atoms with Gasteiger partial charge >= 0.3 is 0 Å². The Kier molecular flexibility index (Phi) is 4.56. The summed E-state index contributed by atoms with van der Waals surface area (Å²) in [7, 11) is 1.79. The molecule has 140 valence electrons. The highest BCUT2D eigenvalue weighted by Crippen LogP contribution is 2.21. The van der Waals surface area contributed by atoms with Gasteiger partial charge in [0.25, 0.3) is 5.91 Å². The summed E-state index contributed by atoms with van der Waals surface area (Å²) in [5, 5.41) is 11.0. The van der Waals surface area contributed by atoms with Gasteiger partial charge in [-0.05, 0) is 34.5 Å². The second kappa shape index (κ2) is 7.03. The van der Waals surface area contributed by atoms with Crippen molar-refractivity contribution in [2.75, 3.05) is 11.4 Å². The minimum Gasteiger partial charge on any atom is -0.454 e. The predicted octanol–water partition coefficient (Wildman–Crippen LogP) is 1.56. The van der Waals surface area contributed by atoms with Crippen molar-refractivity contribution in [1.82, 2.24) is 24.9 Å². The molecule has 1 saturated heterocycles. The van der Waals surface area contributed by atoms with Gasteiger partial charge in [-0.1, -0.05) is 0 Å². The van der Waals surface area contributed by atoms with Crippen LogP contribution in [0, 0.1) is 0 Å². The van der Waals surface area contributed by atoms with Crippen LogP contribution in [0.3, 0.4) is 0 Å². The Morgan fingerprint density at radius 3 is 2.89 bits per heavy atom. The molecule has 1 unspecified atom stereocenters. The third-order valence-corrected chi connectivity index (χ3v) is 4.73. The number of hydrogen-bond acceptors (Lipinski definition) is 5. The van der Waals surface area contributed by atoms with Crippen molar-refractivity contribution in [1.29, 1.82) is 0 Å². The van der Waals surface area contributed by atoms with E-state index < -0.39 is 11.9 Å². The Hall–Kier alpha value is -2.88. The Labute approximate surface area is 163 Å². The fourth-order valence-electron chi connectivity index (χ4n) is 3.02. The summed E-state index contributed by atoms with van der Waals surface area (Å²) in [6.45, 7) is 0.947. The second-order valence-corrected chi connectivity index (χ2v) is 7.21. The Balaban J connectivity index is 1.38. The van der Waals surface area contributed by atoms with E-state index in [0.717, 1.165) is 10.2 Å². The number of rotatable bonds is 5. The number of nitrogens with zero attached hydrogens (tertiary/aromatic N) is 5. The van der Waals surface area contributed by atoms with Crippen LogP contribution >= 0.6 is 15.9 Å². The maximum Gasteiger partial charge on any atom is 0.287 e. The highest BCUT2D eigenvalue weighted by Gasteiger charge is 2.34. The first-order valence-corrected chi connectivity index (χ1v) is 9.16. The van der Waals surface area contributed by atoms with Crippen LogP contribution in [0.5, 0.6) is 0 Å². The van der Waals surface area contributed by atoms with Gasteiger partial charge < -0.3 is 14.6 Å². The molecule has 9 nitrogen and oxygen atoms in total. The zero-order valence-corrected chi connectivity index (χ0v) is 16.1. The van der Waals surface area contributed by atoms with Crippen LogP contribution in [-0.4, -0.2) is 44.0 Å². The van der Waals surface area contributed by atoms with Crippen molar-refractivity contribution < 1.29 is 14.0 Å². The highest BCUT2D eigenvalue weighted by molar-refractivity contribution is 9.10. The van der Waals surface area contributed by atoms with Gasteiger partial charge in [-0.15, -0.1) is 0 Å². The number of anilines is 1. The molecule has 0 aromatic carbocycles. The first-order valence-electron chi connectivity index (χ1n) is 8.37. The lowest BCUT2D eigenvalue weighted by molar-refractivity contribution is -0.118. The van der Waals surface area contributed by atoms with E-state index in [0.29, 0.717) is 25.3 Å². The molecule has 4 rings (SSSR count). The van der Waals surface area contributed by atoms with Gasteiger partial charge in [-0.3, -0.25) is 19.0 Å². The fourth-order valence-corrected chi connectivity index (χ4v) is 3.34. The van der Waals surface area contributed by atoms with E-state index in [2.05, 4.69) is 31.4 Å². The van der Waals surface area contributed by atoms with Gasteiger partial charge in [0, 0.05) is 26.0 Å². The maximum atomic E-state index is 12.6. The molecule has 0 saturated carbocycles. The zero-order valence-electron chi connectivity index (χ0n) is 14.5. The van der Waals surface area contributed by atoms with Crippen molar-refractivity contribution in [3.8, 4) is 0 Å². The van der Waals surface area contributed by atoms with E-state index in [9.17, 15) is 9.59 Å². The number of nitrogens with one attached hydrogen (secondary N) is 1. The molecule has 0 spiro atoms. The van der Waals surface area contributed by atoms with Gasteiger partial charge in [0.1, 0.15) is 11.8 Å². The number of furan rings is 1. The zero-order chi connectivity index (χ0) is 19.0. The Morgan fingerprint density at radius 2 is 2.19 bits per heavy atom. The van der Waals surface area contributed by atoms with Crippen molar-refractivity contribution >= 4 is 33.4 Å². The number of amides is 2. The third kappa shape index (κ3) is 3.65. The summed E-state index contributed by atoms with van der Waals surface area (Å²) in [5.41, 5.74) is 0.727. The Bertz CT molecular complexity index is 990. The van der Waals surface area contributed by atoms with E-state index in [4.69, 9.17) is 4.42 Å². The molecule has 3 aromatic heterocycles. The lowest BCUT2D eigenvalue weighted by atomic mass is 10.2. The largest absolute Gasteiger partial charge is 0.454 e. The van der Waals surface area contributed by atoms with Gasteiger partial charge in [0.2, 0.25) is 5.91 Å². The second-order valence-electron chi connectivity index (χ2n) is 6.30. The molecule has 0 radical (unpaired) electrons. The molecule has 1 N–H and O–H groups in total. The molecule has 27 heavy (non-hydrogen) atoms. The molecule has 1 aliphatic heterocycles. The van der Waals surface area contributed by atoms with Crippen molar-refractivity contribution in [2.45, 2.75) is 19.0 Å². The van der Waals surface area contributed by atoms with E-state index in [1.807, 2.05) is 6.20 Å². The molecule has 1 fully saturated rings. The van der Waals surface area contributed by atoms with Crippen LogP contribution in [0.15, 0.2) is 45.8 Å². The topological polar surface area (TPSA) is 98.2 Å². The number of carbonyl (C=O) groups excluding carboxylic acids is 2. The van der Waals surface area contributed by atoms with Gasteiger partial charge in [-0.2, -0.15) is 10.2 Å². The molecular weight excluding hydrogens is 416 g/mol. The van der Waals surface area contributed by atoms with E-state index in [1.54, 1.807) is 52.0 Å². The molecule has 10 heteroatoms. The number of aryl methyl sites for hydroxylation is 1. The average Bonchev–Trinajstić information content (AvgIpc) is 3.40. The summed E-state index contributed by atoms with van der Waals surface area (Å²) in [6, 6.07) is 2.75. The number of hydrogen-bond donors (Lipinski definition) is 1. The van der Waals surface area contributed by atoms with E-state index >= 15 is 0 Å². The standard InChI is InChI=1S/C17H17BrN6O3/c1-22-9-12(7-19-22)24-5-4-14(17(24)26)21-16(25)15-3-2-13(27-15)10-23-8-11(18)6-20-23/h2-3,6-9,14H,4-5,10H2,1H3,(H,21,25). The molecule has 2 amide bonds. The maximum absolute atomic E-state index is 12.6. The normalized spacial score (nSPS) is 16.9. The van der Waals surface area contributed by atoms with Crippen LogP contribution < -0.4 is 10.2 Å². The number of carbonyl (C=O) groups is 2. The monoisotopic (exact) mass is 432 g/mol. The minimum absolute atomic E-state index is 0.149. The number of halogens is 1. The highest BCUT2D eigenvalue weighted by atomic mass is 79.9. The van der Waals surface area contributed by atoms with Crippen molar-refractivity contribution in [3.63, 3.8) is 0 Å². The first-order chi connectivity index (χ1) is 13.0. The lowest BCUT2D eigenvalue weighted by Gasteiger charge is -2.14. The van der Waals surface area contributed by atoms with E-state index in [1.165, 1.54) is 0 Å². The Morgan fingerprint density at radius 1 is 1.33 bits per heavy atom. The summed E-state index contributed by atoms with van der Waals surface area (Å²) < 4.78 is 9.79. The third-order valence-electron chi connectivity index (χ3n) is 4.32. The molecular formula is C17H17BrN6O3. The number of aromatic nitrogens is 4. The molecule has 3 aromatic rings. The summed E-state index contributed by atoms with van der Waals surface area (Å²) in [4.78, 5) is 26.6. The molecule has 1 atom stereocenters. The average molecular weight is 433 g/mol. The molecule has 0 aliphatic carbocycles. The van der Waals surface area contributed by atoms with E-state index in [-0.39, 0.29) is 11.7 Å². The van der Waals surface area contributed by atoms with Gasteiger partial charge in [0.05, 0.1) is 29.1 Å². The van der Waals surface area contributed by atoms with Crippen molar-refractivity contribution in [2.24, 2.45) is 7.05 Å². The van der Waals surface area contributed by atoms with Crippen LogP contribution in [-0.2, 0) is 18.4 Å². The fraction of sp³-hybridized carbons (Fsp3) is 0.294. The summed E-state index contributed by atoms with van der Waals surface area (Å²) in [6.07, 6.45) is 7.43. The predicted molar refractivity (Wildman–Crippen MR) is 99.2 cm³/mol. The quantitative estimate of drug-likeness (QED) is 0.659. The van der Waals surface area contributed by atoms with Crippen LogP contribution in [0.25, 0.3) is 0 Å². The van der Waals surface area contributed by atoms with Crippen LogP contribution in [0.2, 0.25) is 0 Å². The SMILES string of the molecule is Cn1cc(N2CCC(NC(=O)c3ccc(Cn4cc(Br)cn4)o3)C2=O)cn1. The first kappa shape index (κ1) is 17.5. The van der Waals surface area contributed by atoms with Crippen LogP contribution in [0.4, 0.5) is 5.69 Å². The molecule has 4 heterocycles. The molecule has 0 bridgehead atoms. The van der Waals surface area contributed by atoms with Crippen LogP contribution in [0.1, 0.15) is 22.7 Å². The van der Waals surface area contributed by atoms with Gasteiger partial charge in [-0.25, -0.2) is 0 Å².